The SMILES string of the molecule is CCC1CCN(C(=O)c2ccc(NCc3nccn3C)cc2)CC1. The average Bonchev–Trinajstić information content (AvgIpc) is 3.05. The second-order valence-corrected chi connectivity index (χ2v) is 6.53. The largest absolute Gasteiger partial charge is 0.378 e. The number of aromatic nitrogens is 2. The van der Waals surface area contributed by atoms with E-state index in [2.05, 4.69) is 17.2 Å². The molecule has 1 aliphatic heterocycles. The first kappa shape index (κ1) is 16.6. The van der Waals surface area contributed by atoms with E-state index in [9.17, 15) is 4.79 Å². The van der Waals surface area contributed by atoms with Crippen molar-refractivity contribution in [2.45, 2.75) is 32.7 Å². The maximum absolute atomic E-state index is 12.6. The molecule has 3 rings (SSSR count). The number of rotatable bonds is 5. The summed E-state index contributed by atoms with van der Waals surface area (Å²) in [6.45, 7) is 4.67. The number of nitrogens with one attached hydrogen (secondary N) is 1. The number of amides is 1. The minimum absolute atomic E-state index is 0.153. The molecular weight excluding hydrogens is 300 g/mol. The monoisotopic (exact) mass is 326 g/mol. The Labute approximate surface area is 143 Å². The van der Waals surface area contributed by atoms with Crippen LogP contribution in [0.1, 0.15) is 42.4 Å². The topological polar surface area (TPSA) is 50.2 Å². The third-order valence-corrected chi connectivity index (χ3v) is 4.98. The fraction of sp³-hybridized carbons (Fsp3) is 0.474. The molecule has 2 aromatic rings. The molecule has 1 aromatic carbocycles. The lowest BCUT2D eigenvalue weighted by atomic mass is 9.94. The molecule has 0 spiro atoms. The minimum Gasteiger partial charge on any atom is -0.378 e. The smallest absolute Gasteiger partial charge is 0.253 e. The van der Waals surface area contributed by atoms with Gasteiger partial charge in [-0.3, -0.25) is 4.79 Å². The summed E-state index contributed by atoms with van der Waals surface area (Å²) >= 11 is 0. The maximum Gasteiger partial charge on any atom is 0.253 e. The van der Waals surface area contributed by atoms with Crippen molar-refractivity contribution in [3.8, 4) is 0 Å². The number of carbonyl (C=O) groups excluding carboxylic acids is 1. The molecule has 0 unspecified atom stereocenters. The molecule has 1 N–H and O–H groups in total. The van der Waals surface area contributed by atoms with Gasteiger partial charge in [-0.1, -0.05) is 13.3 Å². The molecule has 24 heavy (non-hydrogen) atoms. The van der Waals surface area contributed by atoms with Gasteiger partial charge in [0.05, 0.1) is 6.54 Å². The van der Waals surface area contributed by atoms with Gasteiger partial charge >= 0.3 is 0 Å². The molecule has 0 radical (unpaired) electrons. The van der Waals surface area contributed by atoms with Gasteiger partial charge in [-0.25, -0.2) is 4.98 Å². The maximum atomic E-state index is 12.6. The van der Waals surface area contributed by atoms with Gasteiger partial charge < -0.3 is 14.8 Å². The second-order valence-electron chi connectivity index (χ2n) is 6.53. The normalized spacial score (nSPS) is 15.5. The molecule has 1 fully saturated rings. The van der Waals surface area contributed by atoms with Crippen molar-refractivity contribution >= 4 is 11.6 Å². The lowest BCUT2D eigenvalue weighted by Gasteiger charge is -2.31. The summed E-state index contributed by atoms with van der Waals surface area (Å²) in [6, 6.07) is 7.76. The fourth-order valence-electron chi connectivity index (χ4n) is 3.21. The lowest BCUT2D eigenvalue weighted by Crippen LogP contribution is -2.38. The molecule has 1 saturated heterocycles. The number of nitrogens with zero attached hydrogens (tertiary/aromatic N) is 3. The van der Waals surface area contributed by atoms with Crippen molar-refractivity contribution in [2.24, 2.45) is 13.0 Å². The van der Waals surface area contributed by atoms with E-state index in [0.29, 0.717) is 6.54 Å². The first-order chi connectivity index (χ1) is 11.7. The van der Waals surface area contributed by atoms with Crippen LogP contribution in [0.25, 0.3) is 0 Å². The van der Waals surface area contributed by atoms with Gasteiger partial charge in [-0.15, -0.1) is 0 Å². The zero-order chi connectivity index (χ0) is 16.9. The third kappa shape index (κ3) is 3.78. The summed E-state index contributed by atoms with van der Waals surface area (Å²) in [6.07, 6.45) is 7.20. The van der Waals surface area contributed by atoms with Crippen LogP contribution in [-0.2, 0) is 13.6 Å². The molecule has 1 aromatic heterocycles. The van der Waals surface area contributed by atoms with E-state index in [4.69, 9.17) is 0 Å². The van der Waals surface area contributed by atoms with E-state index in [1.165, 1.54) is 6.42 Å². The third-order valence-electron chi connectivity index (χ3n) is 4.98. The molecule has 0 aliphatic carbocycles. The quantitative estimate of drug-likeness (QED) is 0.917. The van der Waals surface area contributed by atoms with Crippen LogP contribution in [0.2, 0.25) is 0 Å². The highest BCUT2D eigenvalue weighted by molar-refractivity contribution is 5.94. The van der Waals surface area contributed by atoms with E-state index in [1.807, 2.05) is 47.0 Å². The Bertz CT molecular complexity index is 669. The number of aryl methyl sites for hydroxylation is 1. The van der Waals surface area contributed by atoms with E-state index in [1.54, 1.807) is 6.20 Å². The number of carbonyl (C=O) groups is 1. The zero-order valence-corrected chi connectivity index (χ0v) is 14.5. The Morgan fingerprint density at radius 2 is 1.96 bits per heavy atom. The lowest BCUT2D eigenvalue weighted by molar-refractivity contribution is 0.0689. The van der Waals surface area contributed by atoms with E-state index in [0.717, 1.165) is 48.9 Å². The van der Waals surface area contributed by atoms with Gasteiger partial charge in [0.15, 0.2) is 0 Å². The number of hydrogen-bond acceptors (Lipinski definition) is 3. The van der Waals surface area contributed by atoms with Gasteiger partial charge in [0.25, 0.3) is 5.91 Å². The predicted octanol–water partition coefficient (Wildman–Crippen LogP) is 3.29. The number of imidazole rings is 1. The molecule has 0 atom stereocenters. The molecule has 0 bridgehead atoms. The summed E-state index contributed by atoms with van der Waals surface area (Å²) in [5.41, 5.74) is 1.77. The predicted molar refractivity (Wildman–Crippen MR) is 95.9 cm³/mol. The molecule has 1 aliphatic rings. The van der Waals surface area contributed by atoms with Crippen LogP contribution in [0.4, 0.5) is 5.69 Å². The highest BCUT2D eigenvalue weighted by Gasteiger charge is 2.22. The van der Waals surface area contributed by atoms with Crippen LogP contribution in [0.3, 0.4) is 0 Å². The molecule has 0 saturated carbocycles. The highest BCUT2D eigenvalue weighted by Crippen LogP contribution is 2.22. The van der Waals surface area contributed by atoms with Crippen molar-refractivity contribution in [2.75, 3.05) is 18.4 Å². The molecule has 128 valence electrons. The van der Waals surface area contributed by atoms with Crippen LogP contribution in [0.5, 0.6) is 0 Å². The van der Waals surface area contributed by atoms with Crippen LogP contribution in [0, 0.1) is 5.92 Å². The average molecular weight is 326 g/mol. The van der Waals surface area contributed by atoms with Gasteiger partial charge in [0.2, 0.25) is 0 Å². The fourth-order valence-corrected chi connectivity index (χ4v) is 3.21. The van der Waals surface area contributed by atoms with E-state index >= 15 is 0 Å². The zero-order valence-electron chi connectivity index (χ0n) is 14.5. The number of benzene rings is 1. The van der Waals surface area contributed by atoms with Crippen molar-refractivity contribution in [1.82, 2.24) is 14.5 Å². The number of hydrogen-bond donors (Lipinski definition) is 1. The van der Waals surface area contributed by atoms with Crippen LogP contribution in [0.15, 0.2) is 36.7 Å². The Morgan fingerprint density at radius 1 is 1.25 bits per heavy atom. The molecular formula is C19H26N4O. The Kier molecular flexibility index (Phi) is 5.18. The number of likely N-dealkylation sites (tertiary alicyclic amines) is 1. The van der Waals surface area contributed by atoms with Gasteiger partial charge in [0.1, 0.15) is 5.82 Å². The van der Waals surface area contributed by atoms with E-state index in [-0.39, 0.29) is 5.91 Å². The van der Waals surface area contributed by atoms with Gasteiger partial charge in [-0.05, 0) is 43.0 Å². The Balaban J connectivity index is 1.56. The van der Waals surface area contributed by atoms with Crippen LogP contribution < -0.4 is 5.32 Å². The van der Waals surface area contributed by atoms with Crippen molar-refractivity contribution in [3.05, 3.63) is 48.0 Å². The van der Waals surface area contributed by atoms with Crippen LogP contribution in [-0.4, -0.2) is 33.4 Å². The first-order valence-corrected chi connectivity index (χ1v) is 8.76. The van der Waals surface area contributed by atoms with E-state index < -0.39 is 0 Å². The van der Waals surface area contributed by atoms with Crippen molar-refractivity contribution in [3.63, 3.8) is 0 Å². The molecule has 5 heteroatoms. The van der Waals surface area contributed by atoms with Gasteiger partial charge in [0, 0.05) is 43.8 Å². The van der Waals surface area contributed by atoms with Gasteiger partial charge in [-0.2, -0.15) is 0 Å². The van der Waals surface area contributed by atoms with Crippen LogP contribution >= 0.6 is 0 Å². The molecule has 2 heterocycles. The van der Waals surface area contributed by atoms with Crippen molar-refractivity contribution in [1.29, 1.82) is 0 Å². The summed E-state index contributed by atoms with van der Waals surface area (Å²) in [4.78, 5) is 18.9. The summed E-state index contributed by atoms with van der Waals surface area (Å²) in [5, 5.41) is 3.34. The minimum atomic E-state index is 0.153. The number of anilines is 1. The Morgan fingerprint density at radius 3 is 2.54 bits per heavy atom. The highest BCUT2D eigenvalue weighted by atomic mass is 16.2. The molecule has 5 nitrogen and oxygen atoms in total. The standard InChI is InChI=1S/C19H26N4O/c1-3-15-8-11-23(12-9-15)19(24)16-4-6-17(7-5-16)21-14-18-20-10-13-22(18)2/h4-7,10,13,15,21H,3,8-9,11-12,14H2,1-2H3. The summed E-state index contributed by atoms with van der Waals surface area (Å²) < 4.78 is 1.99. The first-order valence-electron chi connectivity index (χ1n) is 8.76. The number of piperidine rings is 1. The second kappa shape index (κ2) is 7.51. The Hall–Kier alpha value is -2.30. The molecule has 1 amide bonds. The van der Waals surface area contributed by atoms with Crippen molar-refractivity contribution < 1.29 is 4.79 Å². The summed E-state index contributed by atoms with van der Waals surface area (Å²) in [7, 11) is 1.98. The summed E-state index contributed by atoms with van der Waals surface area (Å²) in [5.74, 6) is 1.92.